The Morgan fingerprint density at radius 2 is 1.89 bits per heavy atom. The van der Waals surface area contributed by atoms with E-state index in [1.165, 1.54) is 24.3 Å². The van der Waals surface area contributed by atoms with E-state index in [0.29, 0.717) is 12.2 Å². The van der Waals surface area contributed by atoms with Gasteiger partial charge < -0.3 is 5.32 Å². The predicted molar refractivity (Wildman–Crippen MR) is 69.9 cm³/mol. The molecule has 0 bridgehead atoms. The summed E-state index contributed by atoms with van der Waals surface area (Å²) in [7, 11) is 0. The molecule has 0 spiro atoms. The topological polar surface area (TPSA) is 12.0 Å². The first-order valence-electron chi connectivity index (χ1n) is 5.92. The zero-order valence-corrected chi connectivity index (χ0v) is 10.5. The number of aryl methyl sites for hydroxylation is 1. The third-order valence-electron chi connectivity index (χ3n) is 2.74. The second-order valence-corrected chi connectivity index (χ2v) is 4.42. The van der Waals surface area contributed by atoms with Crippen molar-refractivity contribution >= 4 is 5.69 Å². The van der Waals surface area contributed by atoms with Gasteiger partial charge in [-0.05, 0) is 42.3 Å². The maximum atomic E-state index is 13.2. The monoisotopic (exact) mass is 265 g/mol. The van der Waals surface area contributed by atoms with Crippen molar-refractivity contribution in [3.05, 3.63) is 65.0 Å². The molecule has 0 saturated heterocycles. The molecule has 0 amide bonds. The summed E-state index contributed by atoms with van der Waals surface area (Å²) in [5.74, 6) is -0.316. The van der Waals surface area contributed by atoms with Crippen LogP contribution in [0, 0.1) is 12.7 Å². The largest absolute Gasteiger partial charge is 0.381 e. The predicted octanol–water partition coefficient (Wildman–Crippen LogP) is 4.68. The normalized spacial score (nSPS) is 10.8. The minimum absolute atomic E-state index is 0.00489. The lowest BCUT2D eigenvalue weighted by atomic mass is 10.1. The van der Waals surface area contributed by atoms with Crippen LogP contribution in [-0.2, 0) is 6.54 Å². The summed E-state index contributed by atoms with van der Waals surface area (Å²) in [6.45, 7) is 2.18. The van der Waals surface area contributed by atoms with E-state index < -0.39 is 6.43 Å². The van der Waals surface area contributed by atoms with Crippen LogP contribution in [0.2, 0.25) is 0 Å². The molecule has 2 rings (SSSR count). The lowest BCUT2D eigenvalue weighted by Gasteiger charge is -2.09. The van der Waals surface area contributed by atoms with Crippen molar-refractivity contribution in [3.63, 3.8) is 0 Å². The van der Waals surface area contributed by atoms with Crippen molar-refractivity contribution in [2.24, 2.45) is 0 Å². The minimum atomic E-state index is -2.48. The smallest absolute Gasteiger partial charge is 0.263 e. The highest BCUT2D eigenvalue weighted by Gasteiger charge is 2.07. The van der Waals surface area contributed by atoms with Crippen LogP contribution in [0.15, 0.2) is 42.5 Å². The molecule has 2 aromatic carbocycles. The highest BCUT2D eigenvalue weighted by atomic mass is 19.3. The Bertz CT molecular complexity index is 547. The highest BCUT2D eigenvalue weighted by molar-refractivity contribution is 5.46. The van der Waals surface area contributed by atoms with Gasteiger partial charge in [-0.3, -0.25) is 0 Å². The van der Waals surface area contributed by atoms with E-state index in [4.69, 9.17) is 0 Å². The van der Waals surface area contributed by atoms with Gasteiger partial charge in [-0.2, -0.15) is 0 Å². The molecule has 0 unspecified atom stereocenters. The summed E-state index contributed by atoms with van der Waals surface area (Å²) in [5, 5.41) is 3.02. The maximum Gasteiger partial charge on any atom is 0.263 e. The van der Waals surface area contributed by atoms with Crippen molar-refractivity contribution in [3.8, 4) is 0 Å². The van der Waals surface area contributed by atoms with Crippen LogP contribution in [-0.4, -0.2) is 0 Å². The van der Waals surface area contributed by atoms with Gasteiger partial charge in [0.1, 0.15) is 5.82 Å². The zero-order chi connectivity index (χ0) is 13.8. The number of anilines is 1. The Morgan fingerprint density at radius 3 is 2.58 bits per heavy atom. The molecule has 0 saturated carbocycles. The molecule has 100 valence electrons. The summed E-state index contributed by atoms with van der Waals surface area (Å²) in [6, 6.07) is 10.8. The highest BCUT2D eigenvalue weighted by Crippen LogP contribution is 2.20. The summed E-state index contributed by atoms with van der Waals surface area (Å²) in [6.07, 6.45) is -2.48. The first-order valence-corrected chi connectivity index (χ1v) is 5.92. The SMILES string of the molecule is Cc1cc(F)cc(NCc2cccc(C(F)F)c2)c1. The molecular weight excluding hydrogens is 251 g/mol. The number of nitrogens with one attached hydrogen (secondary N) is 1. The molecule has 0 heterocycles. The van der Waals surface area contributed by atoms with E-state index >= 15 is 0 Å². The molecule has 4 heteroatoms. The maximum absolute atomic E-state index is 13.2. The first-order chi connectivity index (χ1) is 9.04. The number of hydrogen-bond donors (Lipinski definition) is 1. The van der Waals surface area contributed by atoms with Gasteiger partial charge in [0.05, 0.1) is 0 Å². The first kappa shape index (κ1) is 13.5. The van der Waals surface area contributed by atoms with Crippen LogP contribution in [0.3, 0.4) is 0 Å². The average Bonchev–Trinajstić information content (AvgIpc) is 2.35. The molecule has 0 fully saturated rings. The third-order valence-corrected chi connectivity index (χ3v) is 2.74. The molecular formula is C15H14F3N. The fourth-order valence-electron chi connectivity index (χ4n) is 1.88. The van der Waals surface area contributed by atoms with Gasteiger partial charge in [-0.1, -0.05) is 18.2 Å². The molecule has 0 aliphatic rings. The molecule has 0 aliphatic carbocycles. The van der Waals surface area contributed by atoms with E-state index in [1.807, 2.05) is 0 Å². The molecule has 0 atom stereocenters. The molecule has 0 aliphatic heterocycles. The lowest BCUT2D eigenvalue weighted by Crippen LogP contribution is -2.01. The van der Waals surface area contributed by atoms with Gasteiger partial charge in [-0.15, -0.1) is 0 Å². The van der Waals surface area contributed by atoms with Gasteiger partial charge in [0.25, 0.3) is 6.43 Å². The standard InChI is InChI=1S/C15H14F3N/c1-10-5-13(16)8-14(6-10)19-9-11-3-2-4-12(7-11)15(17)18/h2-8,15,19H,9H2,1H3. The summed E-state index contributed by atoms with van der Waals surface area (Å²) >= 11 is 0. The Hall–Kier alpha value is -1.97. The van der Waals surface area contributed by atoms with E-state index in [9.17, 15) is 13.2 Å². The van der Waals surface area contributed by atoms with Crippen molar-refractivity contribution in [1.82, 2.24) is 0 Å². The zero-order valence-electron chi connectivity index (χ0n) is 10.5. The van der Waals surface area contributed by atoms with E-state index in [0.717, 1.165) is 11.1 Å². The number of benzene rings is 2. The van der Waals surface area contributed by atoms with Crippen LogP contribution >= 0.6 is 0 Å². The van der Waals surface area contributed by atoms with Gasteiger partial charge >= 0.3 is 0 Å². The minimum Gasteiger partial charge on any atom is -0.381 e. The summed E-state index contributed by atoms with van der Waals surface area (Å²) in [4.78, 5) is 0. The Labute approximate surface area is 110 Å². The number of alkyl halides is 2. The van der Waals surface area contributed by atoms with Crippen LogP contribution in [0.25, 0.3) is 0 Å². The van der Waals surface area contributed by atoms with Crippen molar-refractivity contribution in [2.75, 3.05) is 5.32 Å². The van der Waals surface area contributed by atoms with Gasteiger partial charge in [0, 0.05) is 17.8 Å². The van der Waals surface area contributed by atoms with E-state index in [2.05, 4.69) is 5.32 Å². The van der Waals surface area contributed by atoms with Crippen molar-refractivity contribution in [2.45, 2.75) is 19.9 Å². The Kier molecular flexibility index (Phi) is 4.10. The van der Waals surface area contributed by atoms with Crippen molar-refractivity contribution in [1.29, 1.82) is 0 Å². The van der Waals surface area contributed by atoms with Crippen LogP contribution in [0.1, 0.15) is 23.1 Å². The second-order valence-electron chi connectivity index (χ2n) is 4.42. The van der Waals surface area contributed by atoms with E-state index in [-0.39, 0.29) is 11.4 Å². The van der Waals surface area contributed by atoms with Crippen LogP contribution in [0.5, 0.6) is 0 Å². The Morgan fingerprint density at radius 1 is 1.11 bits per heavy atom. The molecule has 1 nitrogen and oxygen atoms in total. The quantitative estimate of drug-likeness (QED) is 0.846. The number of rotatable bonds is 4. The molecule has 1 N–H and O–H groups in total. The van der Waals surface area contributed by atoms with Crippen molar-refractivity contribution < 1.29 is 13.2 Å². The van der Waals surface area contributed by atoms with Crippen LogP contribution in [0.4, 0.5) is 18.9 Å². The van der Waals surface area contributed by atoms with Gasteiger partial charge in [-0.25, -0.2) is 13.2 Å². The van der Waals surface area contributed by atoms with Crippen LogP contribution < -0.4 is 5.32 Å². The molecule has 2 aromatic rings. The third kappa shape index (κ3) is 3.74. The van der Waals surface area contributed by atoms with Gasteiger partial charge in [0.15, 0.2) is 0 Å². The average molecular weight is 265 g/mol. The van der Waals surface area contributed by atoms with Gasteiger partial charge in [0.2, 0.25) is 0 Å². The number of halogens is 3. The fourth-order valence-corrected chi connectivity index (χ4v) is 1.88. The lowest BCUT2D eigenvalue weighted by molar-refractivity contribution is 0.151. The molecule has 19 heavy (non-hydrogen) atoms. The molecule has 0 radical (unpaired) electrons. The number of hydrogen-bond acceptors (Lipinski definition) is 1. The summed E-state index contributed by atoms with van der Waals surface area (Å²) < 4.78 is 38.3. The van der Waals surface area contributed by atoms with E-state index in [1.54, 1.807) is 25.1 Å². The molecule has 0 aromatic heterocycles. The second kappa shape index (κ2) is 5.78. The fraction of sp³-hybridized carbons (Fsp3) is 0.200. The Balaban J connectivity index is 2.07. The summed E-state index contributed by atoms with van der Waals surface area (Å²) in [5.41, 5.74) is 2.18.